The Morgan fingerprint density at radius 3 is 2.29 bits per heavy atom. The summed E-state index contributed by atoms with van der Waals surface area (Å²) in [5.74, 6) is -1.39. The van der Waals surface area contributed by atoms with Crippen molar-refractivity contribution in [3.05, 3.63) is 47.0 Å². The number of halogens is 1. The Bertz CT molecular complexity index is 1090. The summed E-state index contributed by atoms with van der Waals surface area (Å²) < 4.78 is 0. The van der Waals surface area contributed by atoms with Gasteiger partial charge in [-0.05, 0) is 18.2 Å². The van der Waals surface area contributed by atoms with Crippen molar-refractivity contribution in [3.63, 3.8) is 0 Å². The van der Waals surface area contributed by atoms with Crippen molar-refractivity contribution in [2.45, 2.75) is 27.7 Å². The van der Waals surface area contributed by atoms with E-state index in [9.17, 15) is 19.2 Å². The minimum Gasteiger partial charge on any atom is -0.398 e. The maximum absolute atomic E-state index is 13.3. The first kappa shape index (κ1) is 22.3. The van der Waals surface area contributed by atoms with Crippen molar-refractivity contribution >= 4 is 58.0 Å². The summed E-state index contributed by atoms with van der Waals surface area (Å²) >= 11 is 6.54. The molecule has 1 fully saturated rings. The van der Waals surface area contributed by atoms with E-state index in [4.69, 9.17) is 17.3 Å². The standard InChI is InChI=1S/C22H23ClN4O4/c1-12(28)25-15-10-14(24)17(20(30)22(2,3)4)19(18(15)23)27-16(29)11-26(21(27)31)13-8-6-5-7-9-13/h5-10H,11,24H2,1-4H3,(H,25,28). The molecule has 0 bridgehead atoms. The Balaban J connectivity index is 2.23. The lowest BCUT2D eigenvalue weighted by Crippen LogP contribution is -2.36. The van der Waals surface area contributed by atoms with Crippen molar-refractivity contribution in [2.24, 2.45) is 5.41 Å². The fourth-order valence-electron chi connectivity index (χ4n) is 3.30. The number of urea groups is 1. The van der Waals surface area contributed by atoms with Gasteiger partial charge in [-0.15, -0.1) is 0 Å². The average molecular weight is 443 g/mol. The molecule has 1 aliphatic heterocycles. The summed E-state index contributed by atoms with van der Waals surface area (Å²) in [4.78, 5) is 53.2. The molecule has 2 aromatic rings. The predicted molar refractivity (Wildman–Crippen MR) is 121 cm³/mol. The van der Waals surface area contributed by atoms with E-state index in [1.54, 1.807) is 51.1 Å². The lowest BCUT2D eigenvalue weighted by atomic mass is 9.84. The van der Waals surface area contributed by atoms with E-state index in [1.807, 2.05) is 0 Å². The van der Waals surface area contributed by atoms with Crippen LogP contribution in [-0.2, 0) is 9.59 Å². The molecular formula is C22H23ClN4O4. The second-order valence-corrected chi connectivity index (χ2v) is 8.62. The van der Waals surface area contributed by atoms with Gasteiger partial charge < -0.3 is 11.1 Å². The molecule has 9 heteroatoms. The average Bonchev–Trinajstić information content (AvgIpc) is 2.97. The first-order valence-electron chi connectivity index (χ1n) is 9.57. The number of hydrogen-bond donors (Lipinski definition) is 2. The number of benzene rings is 2. The van der Waals surface area contributed by atoms with Crippen molar-refractivity contribution in [3.8, 4) is 0 Å². The van der Waals surface area contributed by atoms with Crippen LogP contribution in [0.1, 0.15) is 38.1 Å². The number of imide groups is 1. The highest BCUT2D eigenvalue weighted by molar-refractivity contribution is 6.41. The Hall–Kier alpha value is -3.39. The van der Waals surface area contributed by atoms with Crippen LogP contribution in [0.3, 0.4) is 0 Å². The number of nitrogen functional groups attached to an aromatic ring is 1. The van der Waals surface area contributed by atoms with E-state index in [2.05, 4.69) is 5.32 Å². The van der Waals surface area contributed by atoms with Gasteiger partial charge in [0.2, 0.25) is 5.91 Å². The van der Waals surface area contributed by atoms with E-state index in [-0.39, 0.29) is 34.2 Å². The van der Waals surface area contributed by atoms with Gasteiger partial charge in [-0.3, -0.25) is 19.3 Å². The molecule has 2 aromatic carbocycles. The number of carbonyl (C=O) groups excluding carboxylic acids is 4. The first-order chi connectivity index (χ1) is 14.4. The number of nitrogens with two attached hydrogens (primary N) is 1. The van der Waals surface area contributed by atoms with Gasteiger partial charge in [0, 0.05) is 23.7 Å². The van der Waals surface area contributed by atoms with Crippen LogP contribution in [0, 0.1) is 5.41 Å². The highest BCUT2D eigenvalue weighted by Gasteiger charge is 2.43. The molecular weight excluding hydrogens is 420 g/mol. The van der Waals surface area contributed by atoms with Gasteiger partial charge in [0.05, 0.1) is 22.0 Å². The molecule has 0 saturated carbocycles. The first-order valence-corrected chi connectivity index (χ1v) is 9.95. The Kier molecular flexibility index (Phi) is 5.78. The quantitative estimate of drug-likeness (QED) is 0.420. The highest BCUT2D eigenvalue weighted by atomic mass is 35.5. The third-order valence-electron chi connectivity index (χ3n) is 4.75. The van der Waals surface area contributed by atoms with Gasteiger partial charge in [0.1, 0.15) is 6.54 Å². The number of Topliss-reactive ketones (excluding diaryl/α,β-unsaturated/α-hetero) is 1. The molecule has 0 radical (unpaired) electrons. The molecule has 31 heavy (non-hydrogen) atoms. The van der Waals surface area contributed by atoms with Crippen LogP contribution in [0.2, 0.25) is 5.02 Å². The molecule has 0 aromatic heterocycles. The van der Waals surface area contributed by atoms with Crippen LogP contribution < -0.4 is 20.9 Å². The van der Waals surface area contributed by atoms with Crippen molar-refractivity contribution < 1.29 is 19.2 Å². The minimum absolute atomic E-state index is 0.00170. The van der Waals surface area contributed by atoms with Crippen molar-refractivity contribution in [1.82, 2.24) is 0 Å². The number of nitrogens with zero attached hydrogens (tertiary/aromatic N) is 2. The number of carbonyl (C=O) groups is 4. The number of nitrogens with one attached hydrogen (secondary N) is 1. The van der Waals surface area contributed by atoms with Crippen LogP contribution in [-0.4, -0.2) is 30.2 Å². The summed E-state index contributed by atoms with van der Waals surface area (Å²) in [7, 11) is 0. The second kappa shape index (κ2) is 8.03. The van der Waals surface area contributed by atoms with Gasteiger partial charge in [-0.25, -0.2) is 9.69 Å². The molecule has 8 nitrogen and oxygen atoms in total. The number of anilines is 4. The van der Waals surface area contributed by atoms with Gasteiger partial charge in [-0.1, -0.05) is 50.6 Å². The lowest BCUT2D eigenvalue weighted by molar-refractivity contribution is -0.116. The molecule has 1 saturated heterocycles. The third kappa shape index (κ3) is 4.11. The molecule has 0 unspecified atom stereocenters. The molecule has 0 spiro atoms. The Morgan fingerprint density at radius 2 is 1.74 bits per heavy atom. The van der Waals surface area contributed by atoms with Gasteiger partial charge in [0.25, 0.3) is 5.91 Å². The number of rotatable bonds is 4. The van der Waals surface area contributed by atoms with E-state index in [1.165, 1.54) is 17.9 Å². The van der Waals surface area contributed by atoms with E-state index < -0.39 is 29.0 Å². The van der Waals surface area contributed by atoms with Crippen LogP contribution in [0.25, 0.3) is 0 Å². The fraction of sp³-hybridized carbons (Fsp3) is 0.273. The summed E-state index contributed by atoms with van der Waals surface area (Å²) in [6, 6.07) is 9.35. The summed E-state index contributed by atoms with van der Waals surface area (Å²) in [5, 5.41) is 2.41. The van der Waals surface area contributed by atoms with E-state index in [0.29, 0.717) is 5.69 Å². The smallest absolute Gasteiger partial charge is 0.336 e. The predicted octanol–water partition coefficient (Wildman–Crippen LogP) is 4.08. The Labute approximate surface area is 184 Å². The number of amides is 4. The zero-order chi connectivity index (χ0) is 23.1. The summed E-state index contributed by atoms with van der Waals surface area (Å²) in [5.41, 5.74) is 5.77. The molecule has 1 aliphatic rings. The second-order valence-electron chi connectivity index (χ2n) is 8.24. The number of hydrogen-bond acceptors (Lipinski definition) is 5. The van der Waals surface area contributed by atoms with E-state index in [0.717, 1.165) is 4.90 Å². The molecule has 162 valence electrons. The maximum Gasteiger partial charge on any atom is 0.336 e. The van der Waals surface area contributed by atoms with Crippen LogP contribution >= 0.6 is 11.6 Å². The third-order valence-corrected chi connectivity index (χ3v) is 5.13. The molecule has 0 atom stereocenters. The molecule has 3 rings (SSSR count). The van der Waals surface area contributed by atoms with Gasteiger partial charge in [-0.2, -0.15) is 0 Å². The zero-order valence-electron chi connectivity index (χ0n) is 17.7. The fourth-order valence-corrected chi connectivity index (χ4v) is 3.58. The number of para-hydroxylation sites is 1. The topological polar surface area (TPSA) is 113 Å². The summed E-state index contributed by atoms with van der Waals surface area (Å²) in [6.07, 6.45) is 0. The minimum atomic E-state index is -0.868. The lowest BCUT2D eigenvalue weighted by Gasteiger charge is -2.26. The van der Waals surface area contributed by atoms with E-state index >= 15 is 0 Å². The normalized spacial score (nSPS) is 14.2. The molecule has 1 heterocycles. The SMILES string of the molecule is CC(=O)Nc1cc(N)c(C(=O)C(C)(C)C)c(N2C(=O)CN(c3ccccc3)C2=O)c1Cl. The molecule has 0 aliphatic carbocycles. The monoisotopic (exact) mass is 442 g/mol. The van der Waals surface area contributed by atoms with Crippen LogP contribution in [0.15, 0.2) is 36.4 Å². The molecule has 3 N–H and O–H groups in total. The van der Waals surface area contributed by atoms with Crippen molar-refractivity contribution in [1.29, 1.82) is 0 Å². The molecule has 4 amide bonds. The van der Waals surface area contributed by atoms with Crippen molar-refractivity contribution in [2.75, 3.05) is 27.4 Å². The summed E-state index contributed by atoms with van der Waals surface area (Å²) in [6.45, 7) is 6.13. The zero-order valence-corrected chi connectivity index (χ0v) is 18.4. The van der Waals surface area contributed by atoms with Crippen LogP contribution in [0.5, 0.6) is 0 Å². The van der Waals surface area contributed by atoms with Gasteiger partial charge in [0.15, 0.2) is 5.78 Å². The largest absolute Gasteiger partial charge is 0.398 e. The maximum atomic E-state index is 13.3. The van der Waals surface area contributed by atoms with Gasteiger partial charge >= 0.3 is 6.03 Å². The van der Waals surface area contributed by atoms with Crippen LogP contribution in [0.4, 0.5) is 27.5 Å². The highest BCUT2D eigenvalue weighted by Crippen LogP contribution is 2.44. The number of ketones is 1. The Morgan fingerprint density at radius 1 is 1.13 bits per heavy atom.